The van der Waals surface area contributed by atoms with E-state index in [4.69, 9.17) is 28.6 Å². The standard InChI is InChI=1S/C14H12ClNO3S2/c1-19-10-6-8(15)4-7(12(10)17)5-11-13(18)16(9-2-3-9)14(20)21-11/h4-6,9,17H,2-3H2,1H3/b11-5-. The van der Waals surface area contributed by atoms with Crippen molar-refractivity contribution in [3.8, 4) is 11.5 Å². The number of hydrogen-bond donors (Lipinski definition) is 1. The minimum absolute atomic E-state index is 0.0430. The summed E-state index contributed by atoms with van der Waals surface area (Å²) in [4.78, 5) is 14.5. The second kappa shape index (κ2) is 5.51. The molecule has 1 saturated heterocycles. The Labute approximate surface area is 136 Å². The normalized spacial score (nSPS) is 20.5. The highest BCUT2D eigenvalue weighted by Gasteiger charge is 2.42. The first-order chi connectivity index (χ1) is 10.0. The molecule has 0 radical (unpaired) electrons. The molecule has 1 aromatic carbocycles. The summed E-state index contributed by atoms with van der Waals surface area (Å²) in [5, 5.41) is 10.5. The molecule has 0 atom stereocenters. The predicted octanol–water partition coefficient (Wildman–Crippen LogP) is 3.42. The maximum absolute atomic E-state index is 12.4. The number of thiocarbonyl (C=S) groups is 1. The van der Waals surface area contributed by atoms with Crippen molar-refractivity contribution in [3.05, 3.63) is 27.6 Å². The van der Waals surface area contributed by atoms with Crippen molar-refractivity contribution in [2.24, 2.45) is 0 Å². The molecule has 1 amide bonds. The van der Waals surface area contributed by atoms with Crippen LogP contribution < -0.4 is 4.74 Å². The first kappa shape index (κ1) is 14.7. The Bertz CT molecular complexity index is 670. The van der Waals surface area contributed by atoms with Gasteiger partial charge in [-0.2, -0.15) is 0 Å². The average molecular weight is 342 g/mol. The van der Waals surface area contributed by atoms with Crippen molar-refractivity contribution < 1.29 is 14.6 Å². The number of halogens is 1. The topological polar surface area (TPSA) is 49.8 Å². The maximum atomic E-state index is 12.4. The smallest absolute Gasteiger partial charge is 0.266 e. The summed E-state index contributed by atoms with van der Waals surface area (Å²) >= 11 is 12.5. The highest BCUT2D eigenvalue weighted by atomic mass is 35.5. The van der Waals surface area contributed by atoms with Crippen molar-refractivity contribution in [2.45, 2.75) is 18.9 Å². The minimum Gasteiger partial charge on any atom is -0.504 e. The Kier molecular flexibility index (Phi) is 3.86. The molecule has 2 aliphatic rings. The van der Waals surface area contributed by atoms with Crippen molar-refractivity contribution in [1.29, 1.82) is 0 Å². The SMILES string of the molecule is COc1cc(Cl)cc(/C=C2\SC(=S)N(C3CC3)C2=O)c1O. The summed E-state index contributed by atoms with van der Waals surface area (Å²) in [6.07, 6.45) is 3.59. The third-order valence-corrected chi connectivity index (χ3v) is 4.86. The Morgan fingerprint density at radius 3 is 2.86 bits per heavy atom. The van der Waals surface area contributed by atoms with Gasteiger partial charge in [-0.3, -0.25) is 9.69 Å². The fraction of sp³-hybridized carbons (Fsp3) is 0.286. The van der Waals surface area contributed by atoms with Crippen LogP contribution >= 0.6 is 35.6 Å². The molecule has 1 aliphatic carbocycles. The zero-order valence-corrected chi connectivity index (χ0v) is 13.5. The number of thioether (sulfide) groups is 1. The maximum Gasteiger partial charge on any atom is 0.266 e. The molecule has 110 valence electrons. The van der Waals surface area contributed by atoms with Gasteiger partial charge in [0.2, 0.25) is 0 Å². The minimum atomic E-state index is -0.106. The van der Waals surface area contributed by atoms with E-state index in [9.17, 15) is 9.90 Å². The number of amides is 1. The second-order valence-electron chi connectivity index (χ2n) is 4.83. The Morgan fingerprint density at radius 1 is 1.52 bits per heavy atom. The number of hydrogen-bond acceptors (Lipinski definition) is 5. The molecule has 7 heteroatoms. The summed E-state index contributed by atoms with van der Waals surface area (Å²) in [7, 11) is 1.45. The molecule has 0 unspecified atom stereocenters. The number of aromatic hydroxyl groups is 1. The second-order valence-corrected chi connectivity index (χ2v) is 6.94. The van der Waals surface area contributed by atoms with Crippen molar-refractivity contribution in [1.82, 2.24) is 4.90 Å². The van der Waals surface area contributed by atoms with Gasteiger partial charge in [0.05, 0.1) is 12.0 Å². The Morgan fingerprint density at radius 2 is 2.24 bits per heavy atom. The number of rotatable bonds is 3. The van der Waals surface area contributed by atoms with Crippen LogP contribution in [0.5, 0.6) is 11.5 Å². The molecule has 0 aromatic heterocycles. The number of phenolic OH excluding ortho intramolecular Hbond substituents is 1. The molecule has 0 bridgehead atoms. The molecule has 21 heavy (non-hydrogen) atoms. The van der Waals surface area contributed by atoms with E-state index < -0.39 is 0 Å². The molecule has 1 heterocycles. The van der Waals surface area contributed by atoms with Gasteiger partial charge in [-0.1, -0.05) is 35.6 Å². The van der Waals surface area contributed by atoms with Crippen LogP contribution in [-0.2, 0) is 4.79 Å². The average Bonchev–Trinajstić information content (AvgIpc) is 3.22. The number of benzene rings is 1. The number of carbonyl (C=O) groups excluding carboxylic acids is 1. The lowest BCUT2D eigenvalue weighted by Crippen LogP contribution is -2.30. The predicted molar refractivity (Wildman–Crippen MR) is 87.7 cm³/mol. The van der Waals surface area contributed by atoms with Crippen LogP contribution in [-0.4, -0.2) is 33.4 Å². The van der Waals surface area contributed by atoms with Gasteiger partial charge in [0, 0.05) is 22.7 Å². The molecule has 0 spiro atoms. The molecular weight excluding hydrogens is 330 g/mol. The fourth-order valence-corrected chi connectivity index (χ4v) is 3.74. The van der Waals surface area contributed by atoms with Gasteiger partial charge in [0.15, 0.2) is 11.5 Å². The van der Waals surface area contributed by atoms with Gasteiger partial charge in [-0.05, 0) is 25.0 Å². The Hall–Kier alpha value is -1.24. The lowest BCUT2D eigenvalue weighted by atomic mass is 10.1. The van der Waals surface area contributed by atoms with Gasteiger partial charge >= 0.3 is 0 Å². The summed E-state index contributed by atoms with van der Waals surface area (Å²) in [5.74, 6) is 0.121. The molecule has 1 aromatic rings. The first-order valence-electron chi connectivity index (χ1n) is 6.35. The van der Waals surface area contributed by atoms with Gasteiger partial charge < -0.3 is 9.84 Å². The lowest BCUT2D eigenvalue weighted by Gasteiger charge is -2.12. The van der Waals surface area contributed by atoms with Crippen molar-refractivity contribution in [2.75, 3.05) is 7.11 Å². The van der Waals surface area contributed by atoms with Crippen LogP contribution in [0.15, 0.2) is 17.0 Å². The fourth-order valence-electron chi connectivity index (χ4n) is 2.13. The molecule has 1 aliphatic heterocycles. The van der Waals surface area contributed by atoms with Gasteiger partial charge in [0.1, 0.15) is 4.32 Å². The zero-order chi connectivity index (χ0) is 15.1. The highest BCUT2D eigenvalue weighted by Crippen LogP contribution is 2.42. The monoisotopic (exact) mass is 341 g/mol. The largest absolute Gasteiger partial charge is 0.504 e. The number of methoxy groups -OCH3 is 1. The summed E-state index contributed by atoms with van der Waals surface area (Å²) in [5.41, 5.74) is 0.440. The quantitative estimate of drug-likeness (QED) is 0.674. The first-order valence-corrected chi connectivity index (χ1v) is 7.95. The van der Waals surface area contributed by atoms with Crippen molar-refractivity contribution >= 4 is 51.9 Å². The van der Waals surface area contributed by atoms with E-state index >= 15 is 0 Å². The van der Waals surface area contributed by atoms with Crippen LogP contribution in [0, 0.1) is 0 Å². The van der Waals surface area contributed by atoms with E-state index in [-0.39, 0.29) is 23.4 Å². The van der Waals surface area contributed by atoms with Crippen LogP contribution in [0.3, 0.4) is 0 Å². The van der Waals surface area contributed by atoms with E-state index in [1.54, 1.807) is 17.0 Å². The number of nitrogens with zero attached hydrogens (tertiary/aromatic N) is 1. The number of ether oxygens (including phenoxy) is 1. The molecule has 4 nitrogen and oxygen atoms in total. The van der Waals surface area contributed by atoms with Crippen molar-refractivity contribution in [3.63, 3.8) is 0 Å². The van der Waals surface area contributed by atoms with E-state index in [0.717, 1.165) is 12.8 Å². The van der Waals surface area contributed by atoms with Crippen LogP contribution in [0.4, 0.5) is 0 Å². The van der Waals surface area contributed by atoms with Crippen LogP contribution in [0.2, 0.25) is 5.02 Å². The molecule has 3 rings (SSSR count). The molecule has 1 saturated carbocycles. The summed E-state index contributed by atoms with van der Waals surface area (Å²) in [6, 6.07) is 3.35. The van der Waals surface area contributed by atoms with Gasteiger partial charge in [0.25, 0.3) is 5.91 Å². The third kappa shape index (κ3) is 2.75. The zero-order valence-electron chi connectivity index (χ0n) is 11.1. The van der Waals surface area contributed by atoms with E-state index in [1.165, 1.54) is 24.9 Å². The summed E-state index contributed by atoms with van der Waals surface area (Å²) < 4.78 is 5.63. The number of phenols is 1. The molecule has 1 N–H and O–H groups in total. The highest BCUT2D eigenvalue weighted by molar-refractivity contribution is 8.26. The number of carbonyl (C=O) groups is 1. The van der Waals surface area contributed by atoms with Gasteiger partial charge in [-0.15, -0.1) is 0 Å². The van der Waals surface area contributed by atoms with Crippen LogP contribution in [0.1, 0.15) is 18.4 Å². The van der Waals surface area contributed by atoms with E-state index in [2.05, 4.69) is 0 Å². The summed E-state index contributed by atoms with van der Waals surface area (Å²) in [6.45, 7) is 0. The van der Waals surface area contributed by atoms with Gasteiger partial charge in [-0.25, -0.2) is 0 Å². The van der Waals surface area contributed by atoms with E-state index in [0.29, 0.717) is 19.8 Å². The Balaban J connectivity index is 1.97. The third-order valence-electron chi connectivity index (χ3n) is 3.31. The molecular formula is C14H12ClNO3S2. The molecule has 2 fully saturated rings. The van der Waals surface area contributed by atoms with Crippen LogP contribution in [0.25, 0.3) is 6.08 Å². The van der Waals surface area contributed by atoms with E-state index in [1.807, 2.05) is 0 Å². The lowest BCUT2D eigenvalue weighted by molar-refractivity contribution is -0.122.